The van der Waals surface area contributed by atoms with Crippen molar-refractivity contribution in [2.45, 2.75) is 27.4 Å². The van der Waals surface area contributed by atoms with E-state index in [1.54, 1.807) is 18.5 Å². The Morgan fingerprint density at radius 3 is 2.32 bits per heavy atom. The average molecular weight is 336 g/mol. The van der Waals surface area contributed by atoms with Crippen LogP contribution in [0.1, 0.15) is 32.9 Å². The number of rotatable bonds is 4. The van der Waals surface area contributed by atoms with Crippen molar-refractivity contribution >= 4 is 5.97 Å². The van der Waals surface area contributed by atoms with Gasteiger partial charge in [-0.1, -0.05) is 35.9 Å². The van der Waals surface area contributed by atoms with Gasteiger partial charge in [0.1, 0.15) is 5.56 Å². The monoisotopic (exact) mass is 336 g/mol. The predicted molar refractivity (Wildman–Crippen MR) is 96.1 cm³/mol. The van der Waals surface area contributed by atoms with E-state index >= 15 is 0 Å². The number of aliphatic hydroxyl groups excluding tert-OH is 1. The number of carboxylic acid groups (broad SMARTS) is 1. The summed E-state index contributed by atoms with van der Waals surface area (Å²) in [6.07, 6.45) is 0. The van der Waals surface area contributed by atoms with Gasteiger partial charge in [0.2, 0.25) is 0 Å². The molecule has 0 bridgehead atoms. The molecule has 0 unspecified atom stereocenters. The largest absolute Gasteiger partial charge is 0.478 e. The number of carboxylic acids is 1. The molecule has 1 aromatic heterocycles. The fourth-order valence-corrected chi connectivity index (χ4v) is 3.08. The van der Waals surface area contributed by atoms with Crippen LogP contribution in [0.15, 0.2) is 42.5 Å². The Morgan fingerprint density at radius 2 is 1.76 bits per heavy atom. The third-order valence-corrected chi connectivity index (χ3v) is 4.36. The molecule has 0 spiro atoms. The van der Waals surface area contributed by atoms with E-state index in [0.717, 1.165) is 27.9 Å². The predicted octanol–water partition coefficient (Wildman–Crippen LogP) is 3.66. The van der Waals surface area contributed by atoms with Crippen LogP contribution in [-0.2, 0) is 6.61 Å². The van der Waals surface area contributed by atoms with Crippen LogP contribution in [0, 0.1) is 20.8 Å². The third-order valence-electron chi connectivity index (χ3n) is 4.36. The molecular weight excluding hydrogens is 316 g/mol. The van der Waals surface area contributed by atoms with E-state index in [1.165, 1.54) is 0 Å². The first kappa shape index (κ1) is 16.9. The molecule has 0 aliphatic rings. The number of hydrogen-bond donors (Lipinski definition) is 2. The van der Waals surface area contributed by atoms with Gasteiger partial charge in [-0.3, -0.25) is 0 Å². The maximum atomic E-state index is 11.4. The number of carbonyl (C=O) groups is 1. The lowest BCUT2D eigenvalue weighted by Gasteiger charge is -2.11. The fourth-order valence-electron chi connectivity index (χ4n) is 3.08. The first-order chi connectivity index (χ1) is 11.9. The summed E-state index contributed by atoms with van der Waals surface area (Å²) in [5, 5.41) is 23.2. The maximum absolute atomic E-state index is 11.4. The number of nitrogens with zero attached hydrogens (tertiary/aromatic N) is 2. The standard InChI is InChI=1S/C20H20N2O3/c1-12-4-5-16(11-23)18(10-12)15-6-8-17(9-7-15)22-14(3)19(20(24)25)13(2)21-22/h4-10,23H,11H2,1-3H3,(H,24,25). The minimum absolute atomic E-state index is 0.0171. The molecule has 0 radical (unpaired) electrons. The molecular formula is C20H20N2O3. The van der Waals surface area contributed by atoms with E-state index in [2.05, 4.69) is 5.10 Å². The first-order valence-corrected chi connectivity index (χ1v) is 8.03. The lowest BCUT2D eigenvalue weighted by molar-refractivity contribution is 0.0695. The van der Waals surface area contributed by atoms with Crippen molar-refractivity contribution in [1.82, 2.24) is 9.78 Å². The van der Waals surface area contributed by atoms with E-state index in [4.69, 9.17) is 0 Å². The molecule has 128 valence electrons. The molecule has 3 rings (SSSR count). The van der Waals surface area contributed by atoms with Gasteiger partial charge in [-0.2, -0.15) is 5.10 Å². The summed E-state index contributed by atoms with van der Waals surface area (Å²) in [4.78, 5) is 11.4. The lowest BCUT2D eigenvalue weighted by Crippen LogP contribution is -2.02. The number of aliphatic hydroxyl groups is 1. The van der Waals surface area contributed by atoms with Crippen LogP contribution in [0.25, 0.3) is 16.8 Å². The number of aromatic nitrogens is 2. The highest BCUT2D eigenvalue weighted by Gasteiger charge is 2.18. The van der Waals surface area contributed by atoms with Gasteiger partial charge in [-0.25, -0.2) is 9.48 Å². The van der Waals surface area contributed by atoms with Crippen molar-refractivity contribution in [2.75, 3.05) is 0 Å². The summed E-state index contributed by atoms with van der Waals surface area (Å²) in [5.74, 6) is -0.967. The quantitative estimate of drug-likeness (QED) is 0.762. The molecule has 2 aromatic carbocycles. The van der Waals surface area contributed by atoms with Crippen molar-refractivity contribution in [1.29, 1.82) is 0 Å². The second-order valence-electron chi connectivity index (χ2n) is 6.13. The van der Waals surface area contributed by atoms with E-state index in [9.17, 15) is 15.0 Å². The Kier molecular flexibility index (Phi) is 4.42. The van der Waals surface area contributed by atoms with E-state index in [0.29, 0.717) is 11.4 Å². The molecule has 1 heterocycles. The van der Waals surface area contributed by atoms with Crippen LogP contribution in [-0.4, -0.2) is 26.0 Å². The van der Waals surface area contributed by atoms with Crippen LogP contribution in [0.2, 0.25) is 0 Å². The Hall–Kier alpha value is -2.92. The van der Waals surface area contributed by atoms with Crippen molar-refractivity contribution in [3.63, 3.8) is 0 Å². The van der Waals surface area contributed by atoms with Gasteiger partial charge < -0.3 is 10.2 Å². The molecule has 2 N–H and O–H groups in total. The summed E-state index contributed by atoms with van der Waals surface area (Å²) in [6, 6.07) is 13.7. The van der Waals surface area contributed by atoms with Crippen LogP contribution < -0.4 is 0 Å². The minimum atomic E-state index is -0.967. The maximum Gasteiger partial charge on any atom is 0.339 e. The van der Waals surface area contributed by atoms with Gasteiger partial charge in [0.05, 0.1) is 23.7 Å². The van der Waals surface area contributed by atoms with Gasteiger partial charge in [0.25, 0.3) is 0 Å². The Bertz CT molecular complexity index is 940. The Balaban J connectivity index is 2.03. The smallest absolute Gasteiger partial charge is 0.339 e. The molecule has 25 heavy (non-hydrogen) atoms. The molecule has 0 aliphatic heterocycles. The van der Waals surface area contributed by atoms with Crippen molar-refractivity contribution in [3.05, 3.63) is 70.5 Å². The van der Waals surface area contributed by atoms with Gasteiger partial charge in [0, 0.05) is 0 Å². The number of aryl methyl sites for hydroxylation is 2. The Morgan fingerprint density at radius 1 is 1.08 bits per heavy atom. The van der Waals surface area contributed by atoms with Crippen molar-refractivity contribution < 1.29 is 15.0 Å². The molecule has 5 nitrogen and oxygen atoms in total. The highest BCUT2D eigenvalue weighted by Crippen LogP contribution is 2.27. The normalized spacial score (nSPS) is 10.9. The molecule has 0 fully saturated rings. The third kappa shape index (κ3) is 3.06. The highest BCUT2D eigenvalue weighted by atomic mass is 16.4. The lowest BCUT2D eigenvalue weighted by atomic mass is 9.98. The molecule has 0 saturated carbocycles. The fraction of sp³-hybridized carbons (Fsp3) is 0.200. The van der Waals surface area contributed by atoms with Gasteiger partial charge in [0.15, 0.2) is 0 Å². The Labute approximate surface area is 146 Å². The minimum Gasteiger partial charge on any atom is -0.478 e. The number of benzene rings is 2. The van der Waals surface area contributed by atoms with E-state index in [-0.39, 0.29) is 12.2 Å². The molecule has 0 amide bonds. The van der Waals surface area contributed by atoms with Crippen molar-refractivity contribution in [3.8, 4) is 16.8 Å². The zero-order valence-corrected chi connectivity index (χ0v) is 14.4. The SMILES string of the molecule is Cc1ccc(CO)c(-c2ccc(-n3nc(C)c(C(=O)O)c3C)cc2)c1. The molecule has 0 aliphatic carbocycles. The number of aromatic carboxylic acids is 1. The number of hydrogen-bond acceptors (Lipinski definition) is 3. The van der Waals surface area contributed by atoms with Crippen molar-refractivity contribution in [2.24, 2.45) is 0 Å². The van der Waals surface area contributed by atoms with Gasteiger partial charge >= 0.3 is 5.97 Å². The molecule has 0 saturated heterocycles. The van der Waals surface area contributed by atoms with E-state index in [1.807, 2.05) is 49.4 Å². The topological polar surface area (TPSA) is 75.3 Å². The average Bonchev–Trinajstić information content (AvgIpc) is 2.89. The molecule has 0 atom stereocenters. The summed E-state index contributed by atoms with van der Waals surface area (Å²) >= 11 is 0. The first-order valence-electron chi connectivity index (χ1n) is 8.03. The molecule has 3 aromatic rings. The molecule has 5 heteroatoms. The van der Waals surface area contributed by atoms with E-state index < -0.39 is 5.97 Å². The summed E-state index contributed by atoms with van der Waals surface area (Å²) < 4.78 is 1.64. The highest BCUT2D eigenvalue weighted by molar-refractivity contribution is 5.90. The summed E-state index contributed by atoms with van der Waals surface area (Å²) in [5.41, 5.74) is 6.13. The van der Waals surface area contributed by atoms with Crippen LogP contribution in [0.5, 0.6) is 0 Å². The second-order valence-corrected chi connectivity index (χ2v) is 6.13. The zero-order valence-electron chi connectivity index (χ0n) is 14.4. The summed E-state index contributed by atoms with van der Waals surface area (Å²) in [7, 11) is 0. The van der Waals surface area contributed by atoms with Crippen LogP contribution in [0.3, 0.4) is 0 Å². The zero-order chi connectivity index (χ0) is 18.1. The summed E-state index contributed by atoms with van der Waals surface area (Å²) in [6.45, 7) is 5.45. The van der Waals surface area contributed by atoms with Crippen LogP contribution >= 0.6 is 0 Å². The second kappa shape index (κ2) is 6.53. The van der Waals surface area contributed by atoms with Gasteiger partial charge in [-0.15, -0.1) is 0 Å². The van der Waals surface area contributed by atoms with Crippen LogP contribution in [0.4, 0.5) is 0 Å². The van der Waals surface area contributed by atoms with Gasteiger partial charge in [-0.05, 0) is 49.6 Å².